The van der Waals surface area contributed by atoms with Crippen molar-refractivity contribution in [2.24, 2.45) is 0 Å². The number of H-pyrrole nitrogens is 1. The van der Waals surface area contributed by atoms with Crippen LogP contribution in [0.2, 0.25) is 0 Å². The van der Waals surface area contributed by atoms with Gasteiger partial charge in [-0.15, -0.1) is 0 Å². The summed E-state index contributed by atoms with van der Waals surface area (Å²) in [5.74, 6) is 0.0995. The number of nitrogens with one attached hydrogen (secondary N) is 1. The van der Waals surface area contributed by atoms with Gasteiger partial charge in [0.25, 0.3) is 5.56 Å². The van der Waals surface area contributed by atoms with E-state index in [1.165, 1.54) is 0 Å². The third kappa shape index (κ3) is 2.05. The van der Waals surface area contributed by atoms with Crippen LogP contribution in [0.4, 0.5) is 0 Å². The summed E-state index contributed by atoms with van der Waals surface area (Å²) in [7, 11) is 0. The maximum Gasteiger partial charge on any atom is 0.276 e. The highest BCUT2D eigenvalue weighted by Gasteiger charge is 2.25. The maximum absolute atomic E-state index is 12.5. The molecule has 5 nitrogen and oxygen atoms in total. The van der Waals surface area contributed by atoms with Gasteiger partial charge in [-0.05, 0) is 12.1 Å². The normalized spacial score (nSPS) is 14.2. The minimum absolute atomic E-state index is 0.0557. The second kappa shape index (κ2) is 5.00. The zero-order chi connectivity index (χ0) is 14.1. The number of rotatable bonds is 2. The van der Waals surface area contributed by atoms with Gasteiger partial charge in [0.2, 0.25) is 5.91 Å². The first kappa shape index (κ1) is 12.7. The molecular weight excluding hydrogens is 254 g/mol. The van der Waals surface area contributed by atoms with E-state index in [1.807, 2.05) is 37.3 Å². The quantitative estimate of drug-likeness (QED) is 0.899. The summed E-state index contributed by atoms with van der Waals surface area (Å²) in [6.07, 6.45) is 1.18. The van der Waals surface area contributed by atoms with Crippen LogP contribution in [-0.2, 0) is 17.8 Å². The number of hydrogen-bond donors (Lipinski definition) is 1. The van der Waals surface area contributed by atoms with Crippen LogP contribution in [0.5, 0.6) is 0 Å². The number of fused-ring (bicyclic) bond motifs is 1. The maximum atomic E-state index is 12.5. The van der Waals surface area contributed by atoms with Crippen molar-refractivity contribution in [1.82, 2.24) is 14.7 Å². The second-order valence-electron chi connectivity index (χ2n) is 4.96. The third-order valence-corrected chi connectivity index (χ3v) is 3.72. The van der Waals surface area contributed by atoms with Gasteiger partial charge in [-0.1, -0.05) is 25.1 Å². The van der Waals surface area contributed by atoms with Crippen molar-refractivity contribution in [3.8, 4) is 5.69 Å². The molecule has 1 aromatic heterocycles. The number of aromatic amines is 1. The van der Waals surface area contributed by atoms with Gasteiger partial charge in [0.05, 0.1) is 17.8 Å². The van der Waals surface area contributed by atoms with Crippen LogP contribution in [0.15, 0.2) is 35.1 Å². The molecule has 0 spiro atoms. The second-order valence-corrected chi connectivity index (χ2v) is 4.96. The number of carbonyl (C=O) groups excluding carboxylic acids is 1. The molecule has 0 saturated heterocycles. The van der Waals surface area contributed by atoms with Gasteiger partial charge < -0.3 is 4.90 Å². The first-order chi connectivity index (χ1) is 9.70. The molecule has 5 heteroatoms. The average Bonchev–Trinajstić information content (AvgIpc) is 2.84. The molecule has 20 heavy (non-hydrogen) atoms. The Kier molecular flexibility index (Phi) is 3.18. The number of nitrogens with zero attached hydrogens (tertiary/aromatic N) is 2. The zero-order valence-electron chi connectivity index (χ0n) is 11.4. The molecule has 0 bridgehead atoms. The van der Waals surface area contributed by atoms with Gasteiger partial charge in [-0.25, -0.2) is 4.68 Å². The summed E-state index contributed by atoms with van der Waals surface area (Å²) in [5, 5.41) is 3.16. The number of carbonyl (C=O) groups is 1. The van der Waals surface area contributed by atoms with E-state index in [0.29, 0.717) is 31.5 Å². The van der Waals surface area contributed by atoms with E-state index >= 15 is 0 Å². The first-order valence-corrected chi connectivity index (χ1v) is 6.86. The summed E-state index contributed by atoms with van der Waals surface area (Å²) in [4.78, 5) is 26.0. The van der Waals surface area contributed by atoms with Crippen LogP contribution in [0, 0.1) is 0 Å². The summed E-state index contributed by atoms with van der Waals surface area (Å²) < 4.78 is 1.56. The Bertz CT molecular complexity index is 685. The molecule has 104 valence electrons. The van der Waals surface area contributed by atoms with Crippen molar-refractivity contribution < 1.29 is 4.79 Å². The lowest BCUT2D eigenvalue weighted by atomic mass is 10.1. The number of benzene rings is 1. The van der Waals surface area contributed by atoms with Gasteiger partial charge in [0.1, 0.15) is 0 Å². The Labute approximate surface area is 116 Å². The molecule has 3 rings (SSSR count). The SMILES string of the molecule is CCC(=O)N1CCc2[nH]n(-c3ccccc3)c(=O)c2C1. The lowest BCUT2D eigenvalue weighted by molar-refractivity contribution is -0.131. The van der Waals surface area contributed by atoms with Crippen LogP contribution >= 0.6 is 0 Å². The fourth-order valence-corrected chi connectivity index (χ4v) is 2.60. The summed E-state index contributed by atoms with van der Waals surface area (Å²) in [6.45, 7) is 2.93. The van der Waals surface area contributed by atoms with Gasteiger partial charge in [-0.3, -0.25) is 14.7 Å². The lowest BCUT2D eigenvalue weighted by Gasteiger charge is -2.25. The molecular formula is C15H17N3O2. The van der Waals surface area contributed by atoms with Crippen LogP contribution in [0.3, 0.4) is 0 Å². The zero-order valence-corrected chi connectivity index (χ0v) is 11.4. The van der Waals surface area contributed by atoms with E-state index < -0.39 is 0 Å². The Morgan fingerprint density at radius 1 is 1.30 bits per heavy atom. The number of hydrogen-bond acceptors (Lipinski definition) is 2. The number of amides is 1. The molecule has 1 aliphatic rings. The summed E-state index contributed by atoms with van der Waals surface area (Å²) in [6, 6.07) is 9.48. The van der Waals surface area contributed by atoms with E-state index in [2.05, 4.69) is 5.10 Å². The van der Waals surface area contributed by atoms with Crippen molar-refractivity contribution in [2.75, 3.05) is 6.54 Å². The Hall–Kier alpha value is -2.30. The van der Waals surface area contributed by atoms with Crippen molar-refractivity contribution in [3.63, 3.8) is 0 Å². The van der Waals surface area contributed by atoms with Crippen molar-refractivity contribution in [2.45, 2.75) is 26.3 Å². The summed E-state index contributed by atoms with van der Waals surface area (Å²) >= 11 is 0. The van der Waals surface area contributed by atoms with E-state index in [-0.39, 0.29) is 11.5 Å². The molecule has 2 heterocycles. The van der Waals surface area contributed by atoms with Crippen molar-refractivity contribution in [3.05, 3.63) is 51.9 Å². The predicted octanol–water partition coefficient (Wildman–Crippen LogP) is 1.46. The molecule has 1 aromatic carbocycles. The highest BCUT2D eigenvalue weighted by Crippen LogP contribution is 2.16. The smallest absolute Gasteiger partial charge is 0.276 e. The van der Waals surface area contributed by atoms with Crippen molar-refractivity contribution in [1.29, 1.82) is 0 Å². The highest BCUT2D eigenvalue weighted by atomic mass is 16.2. The fourth-order valence-electron chi connectivity index (χ4n) is 2.60. The van der Waals surface area contributed by atoms with Gasteiger partial charge in [0.15, 0.2) is 0 Å². The molecule has 0 atom stereocenters. The van der Waals surface area contributed by atoms with E-state index in [0.717, 1.165) is 11.4 Å². The minimum Gasteiger partial charge on any atom is -0.338 e. The van der Waals surface area contributed by atoms with Crippen LogP contribution in [0.1, 0.15) is 24.6 Å². The standard InChI is InChI=1S/C15H17N3O2/c1-2-14(19)17-9-8-13-12(10-17)15(20)18(16-13)11-6-4-3-5-7-11/h3-7,16H,2,8-10H2,1H3. The molecule has 0 radical (unpaired) electrons. The lowest BCUT2D eigenvalue weighted by Crippen LogP contribution is -2.37. The molecule has 1 N–H and O–H groups in total. The largest absolute Gasteiger partial charge is 0.338 e. The molecule has 0 aliphatic carbocycles. The van der Waals surface area contributed by atoms with Gasteiger partial charge in [0, 0.05) is 25.1 Å². The first-order valence-electron chi connectivity index (χ1n) is 6.86. The Morgan fingerprint density at radius 2 is 2.05 bits per heavy atom. The number of aromatic nitrogens is 2. The molecule has 1 aliphatic heterocycles. The monoisotopic (exact) mass is 271 g/mol. The molecule has 0 unspecified atom stereocenters. The molecule has 1 amide bonds. The molecule has 0 saturated carbocycles. The van der Waals surface area contributed by atoms with Gasteiger partial charge in [-0.2, -0.15) is 0 Å². The average molecular weight is 271 g/mol. The molecule has 0 fully saturated rings. The number of para-hydroxylation sites is 1. The van der Waals surface area contributed by atoms with Crippen LogP contribution in [0.25, 0.3) is 5.69 Å². The van der Waals surface area contributed by atoms with Crippen LogP contribution < -0.4 is 5.56 Å². The highest BCUT2D eigenvalue weighted by molar-refractivity contribution is 5.76. The van der Waals surface area contributed by atoms with E-state index in [9.17, 15) is 9.59 Å². The Balaban J connectivity index is 1.99. The Morgan fingerprint density at radius 3 is 2.75 bits per heavy atom. The topological polar surface area (TPSA) is 58.1 Å². The molecule has 2 aromatic rings. The fraction of sp³-hybridized carbons (Fsp3) is 0.333. The summed E-state index contributed by atoms with van der Waals surface area (Å²) in [5.41, 5.74) is 2.42. The minimum atomic E-state index is -0.0557. The van der Waals surface area contributed by atoms with Gasteiger partial charge >= 0.3 is 0 Å². The van der Waals surface area contributed by atoms with E-state index in [1.54, 1.807) is 9.58 Å². The third-order valence-electron chi connectivity index (χ3n) is 3.72. The van der Waals surface area contributed by atoms with Crippen LogP contribution in [-0.4, -0.2) is 27.1 Å². The van der Waals surface area contributed by atoms with Crippen molar-refractivity contribution >= 4 is 5.91 Å². The predicted molar refractivity (Wildman–Crippen MR) is 75.8 cm³/mol. The van der Waals surface area contributed by atoms with E-state index in [4.69, 9.17) is 0 Å².